The Morgan fingerprint density at radius 3 is 2.94 bits per heavy atom. The first-order valence-corrected chi connectivity index (χ1v) is 6.58. The smallest absolute Gasteiger partial charge is 0.0921 e. The number of rotatable bonds is 5. The van der Waals surface area contributed by atoms with E-state index in [0.717, 1.165) is 29.2 Å². The highest BCUT2D eigenvalue weighted by Gasteiger charge is 2.09. The lowest BCUT2D eigenvalue weighted by atomic mass is 10.1. The lowest BCUT2D eigenvalue weighted by Gasteiger charge is -2.15. The third-order valence-corrected chi connectivity index (χ3v) is 3.40. The Kier molecular flexibility index (Phi) is 4.64. The molecule has 0 amide bonds. The first kappa shape index (κ1) is 13.4. The van der Waals surface area contributed by atoms with Gasteiger partial charge in [-0.25, -0.2) is 4.98 Å². The van der Waals surface area contributed by atoms with Crippen LogP contribution in [-0.2, 0) is 6.42 Å². The monoisotopic (exact) mass is 283 g/mol. The maximum atomic E-state index is 6.15. The van der Waals surface area contributed by atoms with Crippen LogP contribution < -0.4 is 5.32 Å². The fourth-order valence-electron chi connectivity index (χ4n) is 1.80. The number of aromatic nitrogens is 2. The summed E-state index contributed by atoms with van der Waals surface area (Å²) in [6.45, 7) is 2.93. The average molecular weight is 284 g/mol. The van der Waals surface area contributed by atoms with Crippen LogP contribution in [0, 0.1) is 0 Å². The Morgan fingerprint density at radius 1 is 1.39 bits per heavy atom. The van der Waals surface area contributed by atoms with Crippen molar-refractivity contribution in [2.75, 3.05) is 6.54 Å². The quantitative estimate of drug-likeness (QED) is 0.880. The maximum Gasteiger partial charge on any atom is 0.0921 e. The molecule has 1 aromatic heterocycles. The molecule has 1 heterocycles. The van der Waals surface area contributed by atoms with Gasteiger partial charge in [0.25, 0.3) is 0 Å². The van der Waals surface area contributed by atoms with Crippen LogP contribution >= 0.6 is 23.2 Å². The molecular formula is C13H15Cl2N3. The molecule has 2 rings (SSSR count). The summed E-state index contributed by atoms with van der Waals surface area (Å²) in [6.07, 6.45) is 4.42. The van der Waals surface area contributed by atoms with Crippen molar-refractivity contribution in [2.24, 2.45) is 0 Å². The number of hydrogen-bond donors (Lipinski definition) is 2. The van der Waals surface area contributed by atoms with E-state index in [1.807, 2.05) is 18.3 Å². The van der Waals surface area contributed by atoms with Gasteiger partial charge in [0.1, 0.15) is 0 Å². The van der Waals surface area contributed by atoms with Crippen molar-refractivity contribution in [3.63, 3.8) is 0 Å². The molecule has 2 aromatic rings. The van der Waals surface area contributed by atoms with Crippen molar-refractivity contribution in [2.45, 2.75) is 19.4 Å². The lowest BCUT2D eigenvalue weighted by Crippen LogP contribution is -2.21. The molecule has 0 radical (unpaired) electrons. The molecule has 18 heavy (non-hydrogen) atoms. The molecule has 0 aliphatic heterocycles. The topological polar surface area (TPSA) is 40.7 Å². The molecule has 5 heteroatoms. The Labute approximate surface area is 117 Å². The van der Waals surface area contributed by atoms with Crippen LogP contribution in [0.3, 0.4) is 0 Å². The molecule has 0 saturated heterocycles. The van der Waals surface area contributed by atoms with Gasteiger partial charge in [-0.2, -0.15) is 0 Å². The Balaban J connectivity index is 1.91. The average Bonchev–Trinajstić information content (AvgIpc) is 2.85. The van der Waals surface area contributed by atoms with Crippen LogP contribution in [0.5, 0.6) is 0 Å². The first-order chi connectivity index (χ1) is 8.66. The zero-order valence-corrected chi connectivity index (χ0v) is 11.6. The summed E-state index contributed by atoms with van der Waals surface area (Å²) < 4.78 is 0. The fraction of sp³-hybridized carbons (Fsp3) is 0.308. The highest BCUT2D eigenvalue weighted by molar-refractivity contribution is 6.33. The van der Waals surface area contributed by atoms with E-state index in [2.05, 4.69) is 22.2 Å². The predicted molar refractivity (Wildman–Crippen MR) is 75.2 cm³/mol. The second kappa shape index (κ2) is 6.23. The Hall–Kier alpha value is -1.03. The van der Waals surface area contributed by atoms with Gasteiger partial charge in [-0.1, -0.05) is 23.2 Å². The highest BCUT2D eigenvalue weighted by Crippen LogP contribution is 2.25. The number of H-pyrrole nitrogens is 1. The summed E-state index contributed by atoms with van der Waals surface area (Å²) in [5.74, 6) is 0. The molecule has 0 spiro atoms. The van der Waals surface area contributed by atoms with Crippen molar-refractivity contribution in [3.8, 4) is 0 Å². The molecule has 1 aromatic carbocycles. The standard InChI is InChI=1S/C13H15Cl2N3/c1-9(12-6-10(14)2-3-13(12)15)17-5-4-11-7-16-8-18-11/h2-3,6-9,17H,4-5H2,1H3,(H,16,18). The van der Waals surface area contributed by atoms with Crippen molar-refractivity contribution >= 4 is 23.2 Å². The molecule has 0 bridgehead atoms. The molecule has 3 nitrogen and oxygen atoms in total. The number of benzene rings is 1. The van der Waals surface area contributed by atoms with Gasteiger partial charge < -0.3 is 10.3 Å². The summed E-state index contributed by atoms with van der Waals surface area (Å²) in [7, 11) is 0. The van der Waals surface area contributed by atoms with Crippen molar-refractivity contribution < 1.29 is 0 Å². The van der Waals surface area contributed by atoms with Gasteiger partial charge in [0.05, 0.1) is 6.33 Å². The number of halogens is 2. The van der Waals surface area contributed by atoms with E-state index >= 15 is 0 Å². The van der Waals surface area contributed by atoms with E-state index in [0.29, 0.717) is 5.02 Å². The summed E-state index contributed by atoms with van der Waals surface area (Å²) >= 11 is 12.1. The minimum Gasteiger partial charge on any atom is -0.348 e. The molecular weight excluding hydrogens is 269 g/mol. The zero-order chi connectivity index (χ0) is 13.0. The third-order valence-electron chi connectivity index (χ3n) is 2.82. The normalized spacial score (nSPS) is 12.6. The van der Waals surface area contributed by atoms with Crippen molar-refractivity contribution in [1.29, 1.82) is 0 Å². The number of imidazole rings is 1. The summed E-state index contributed by atoms with van der Waals surface area (Å²) in [5.41, 5.74) is 2.14. The Morgan fingerprint density at radius 2 is 2.22 bits per heavy atom. The largest absolute Gasteiger partial charge is 0.348 e. The van der Waals surface area contributed by atoms with Gasteiger partial charge in [0, 0.05) is 40.9 Å². The van der Waals surface area contributed by atoms with Gasteiger partial charge in [0.15, 0.2) is 0 Å². The number of nitrogens with one attached hydrogen (secondary N) is 2. The van der Waals surface area contributed by atoms with Crippen LogP contribution in [0.4, 0.5) is 0 Å². The number of aromatic amines is 1. The number of hydrogen-bond acceptors (Lipinski definition) is 2. The van der Waals surface area contributed by atoms with E-state index in [1.165, 1.54) is 0 Å². The maximum absolute atomic E-state index is 6.15. The van der Waals surface area contributed by atoms with Gasteiger partial charge in [-0.3, -0.25) is 0 Å². The molecule has 1 atom stereocenters. The van der Waals surface area contributed by atoms with Crippen molar-refractivity contribution in [1.82, 2.24) is 15.3 Å². The van der Waals surface area contributed by atoms with Gasteiger partial charge in [-0.05, 0) is 30.7 Å². The Bertz CT molecular complexity index is 497. The summed E-state index contributed by atoms with van der Waals surface area (Å²) in [4.78, 5) is 7.05. The molecule has 2 N–H and O–H groups in total. The van der Waals surface area contributed by atoms with E-state index in [9.17, 15) is 0 Å². The molecule has 0 saturated carbocycles. The van der Waals surface area contributed by atoms with Crippen LogP contribution in [0.1, 0.15) is 24.2 Å². The van der Waals surface area contributed by atoms with Gasteiger partial charge >= 0.3 is 0 Å². The third kappa shape index (κ3) is 3.48. The minimum atomic E-state index is 0.166. The second-order valence-corrected chi connectivity index (χ2v) is 5.01. The van der Waals surface area contributed by atoms with Crippen LogP contribution in [0.15, 0.2) is 30.7 Å². The lowest BCUT2D eigenvalue weighted by molar-refractivity contribution is 0.574. The molecule has 0 fully saturated rings. The van der Waals surface area contributed by atoms with E-state index in [1.54, 1.807) is 12.4 Å². The second-order valence-electron chi connectivity index (χ2n) is 4.17. The van der Waals surface area contributed by atoms with Crippen LogP contribution in [-0.4, -0.2) is 16.5 Å². The highest BCUT2D eigenvalue weighted by atomic mass is 35.5. The molecule has 0 aliphatic rings. The van der Waals surface area contributed by atoms with Crippen LogP contribution in [0.25, 0.3) is 0 Å². The molecule has 1 unspecified atom stereocenters. The minimum absolute atomic E-state index is 0.166. The van der Waals surface area contributed by atoms with Crippen molar-refractivity contribution in [3.05, 3.63) is 52.0 Å². The number of nitrogens with zero attached hydrogens (tertiary/aromatic N) is 1. The van der Waals surface area contributed by atoms with E-state index in [4.69, 9.17) is 23.2 Å². The van der Waals surface area contributed by atoms with Gasteiger partial charge in [-0.15, -0.1) is 0 Å². The molecule has 96 valence electrons. The first-order valence-electron chi connectivity index (χ1n) is 5.82. The van der Waals surface area contributed by atoms with E-state index in [-0.39, 0.29) is 6.04 Å². The summed E-state index contributed by atoms with van der Waals surface area (Å²) in [6, 6.07) is 5.69. The van der Waals surface area contributed by atoms with E-state index < -0.39 is 0 Å². The van der Waals surface area contributed by atoms with Crippen LogP contribution in [0.2, 0.25) is 10.0 Å². The predicted octanol–water partition coefficient (Wildman–Crippen LogP) is 3.61. The fourth-order valence-corrected chi connectivity index (χ4v) is 2.26. The van der Waals surface area contributed by atoms with Gasteiger partial charge in [0.2, 0.25) is 0 Å². The SMILES string of the molecule is CC(NCCc1cnc[nH]1)c1cc(Cl)ccc1Cl. The zero-order valence-electron chi connectivity index (χ0n) is 10.1. The molecule has 0 aliphatic carbocycles. The summed E-state index contributed by atoms with van der Waals surface area (Å²) in [5, 5.41) is 4.86.